The lowest BCUT2D eigenvalue weighted by Crippen LogP contribution is -2.48. The van der Waals surface area contributed by atoms with Crippen LogP contribution >= 0.6 is 11.6 Å². The Hall–Kier alpha value is -4.67. The predicted octanol–water partition coefficient (Wildman–Crippen LogP) is 3.55. The molecule has 1 saturated heterocycles. The minimum absolute atomic E-state index is 0.0176. The third kappa shape index (κ3) is 5.22. The molecule has 11 heteroatoms. The van der Waals surface area contributed by atoms with Crippen molar-refractivity contribution >= 4 is 28.8 Å². The van der Waals surface area contributed by atoms with Crippen molar-refractivity contribution in [2.75, 3.05) is 37.7 Å². The van der Waals surface area contributed by atoms with Gasteiger partial charge in [0.25, 0.3) is 5.91 Å². The van der Waals surface area contributed by atoms with Crippen molar-refractivity contribution in [2.24, 2.45) is 0 Å². The van der Waals surface area contributed by atoms with E-state index in [0.717, 1.165) is 29.1 Å². The fourth-order valence-electron chi connectivity index (χ4n) is 4.24. The van der Waals surface area contributed by atoms with Gasteiger partial charge in [0.2, 0.25) is 0 Å². The van der Waals surface area contributed by atoms with E-state index in [1.165, 1.54) is 6.20 Å². The molecule has 1 aliphatic rings. The fraction of sp³-hybridized carbons (Fsp3) is 0.222. The molecule has 0 radical (unpaired) electrons. The first-order valence-electron chi connectivity index (χ1n) is 11.8. The number of pyridine rings is 3. The number of nitrogens with zero attached hydrogens (tertiary/aromatic N) is 7. The number of ether oxygens (including phenoxy) is 1. The number of amides is 1. The number of fused-ring (bicyclic) bond motifs is 1. The molecule has 38 heavy (non-hydrogen) atoms. The van der Waals surface area contributed by atoms with Gasteiger partial charge in [-0.05, 0) is 31.0 Å². The molecule has 4 aromatic rings. The van der Waals surface area contributed by atoms with E-state index in [9.17, 15) is 14.4 Å². The quantitative estimate of drug-likeness (QED) is 0.294. The zero-order chi connectivity index (χ0) is 26.6. The van der Waals surface area contributed by atoms with Crippen LogP contribution in [0.2, 0.25) is 5.15 Å². The van der Waals surface area contributed by atoms with Crippen LogP contribution < -0.4 is 9.64 Å². The van der Waals surface area contributed by atoms with Gasteiger partial charge in [-0.1, -0.05) is 11.6 Å². The van der Waals surface area contributed by atoms with Crippen molar-refractivity contribution in [3.8, 4) is 34.8 Å². The molecular weight excluding hydrogens is 509 g/mol. The molecule has 0 atom stereocenters. The molecule has 5 heterocycles. The molecule has 0 bridgehead atoms. The van der Waals surface area contributed by atoms with Crippen LogP contribution in [0, 0.1) is 29.0 Å². The van der Waals surface area contributed by atoms with E-state index < -0.39 is 5.82 Å². The summed E-state index contributed by atoms with van der Waals surface area (Å²) >= 11 is 5.74. The molecule has 1 aliphatic heterocycles. The molecular formula is C27H21ClFN7O2. The second kappa shape index (κ2) is 10.8. The first-order chi connectivity index (χ1) is 18.4. The van der Waals surface area contributed by atoms with Crippen LogP contribution in [0.3, 0.4) is 0 Å². The number of carbonyl (C=O) groups excluding carboxylic acids is 1. The minimum atomic E-state index is -0.559. The van der Waals surface area contributed by atoms with Crippen LogP contribution in [0.5, 0.6) is 5.75 Å². The fourth-order valence-corrected chi connectivity index (χ4v) is 4.44. The molecule has 0 aromatic carbocycles. The van der Waals surface area contributed by atoms with Crippen LogP contribution in [0.15, 0.2) is 48.9 Å². The highest BCUT2D eigenvalue weighted by molar-refractivity contribution is 6.29. The smallest absolute Gasteiger partial charge is 0.299 e. The van der Waals surface area contributed by atoms with Crippen LogP contribution in [-0.4, -0.2) is 63.2 Å². The van der Waals surface area contributed by atoms with Gasteiger partial charge in [0.15, 0.2) is 0 Å². The number of piperazine rings is 1. The Morgan fingerprint density at radius 1 is 1.18 bits per heavy atom. The molecule has 5 rings (SSSR count). The van der Waals surface area contributed by atoms with Crippen molar-refractivity contribution in [2.45, 2.75) is 6.92 Å². The Kier molecular flexibility index (Phi) is 7.07. The first kappa shape index (κ1) is 25.0. The highest BCUT2D eigenvalue weighted by Gasteiger charge is 2.21. The summed E-state index contributed by atoms with van der Waals surface area (Å²) in [5, 5.41) is 13.8. The number of carbonyl (C=O) groups is 1. The average molecular weight is 530 g/mol. The highest BCUT2D eigenvalue weighted by Crippen LogP contribution is 2.31. The number of nitriles is 1. The van der Waals surface area contributed by atoms with Crippen molar-refractivity contribution in [1.29, 1.82) is 5.26 Å². The molecule has 1 fully saturated rings. The third-order valence-electron chi connectivity index (χ3n) is 6.02. The number of hydrogen-bond acceptors (Lipinski definition) is 7. The highest BCUT2D eigenvalue weighted by atomic mass is 35.5. The van der Waals surface area contributed by atoms with Crippen molar-refractivity contribution in [1.82, 2.24) is 24.5 Å². The monoisotopic (exact) mass is 529 g/mol. The van der Waals surface area contributed by atoms with E-state index in [-0.39, 0.29) is 16.8 Å². The Labute approximate surface area is 223 Å². The molecule has 0 unspecified atom stereocenters. The second-order valence-corrected chi connectivity index (χ2v) is 8.80. The van der Waals surface area contributed by atoms with Gasteiger partial charge in [0.05, 0.1) is 30.1 Å². The number of aromatic nitrogens is 4. The van der Waals surface area contributed by atoms with Crippen molar-refractivity contribution < 1.29 is 13.9 Å². The lowest BCUT2D eigenvalue weighted by atomic mass is 10.1. The van der Waals surface area contributed by atoms with E-state index in [1.54, 1.807) is 21.8 Å². The van der Waals surface area contributed by atoms with E-state index >= 15 is 0 Å². The van der Waals surface area contributed by atoms with E-state index in [4.69, 9.17) is 16.3 Å². The zero-order valence-corrected chi connectivity index (χ0v) is 21.1. The molecule has 0 saturated carbocycles. The largest absolute Gasteiger partial charge is 0.492 e. The van der Waals surface area contributed by atoms with Gasteiger partial charge in [0.1, 0.15) is 34.3 Å². The lowest BCUT2D eigenvalue weighted by Gasteiger charge is -2.34. The van der Waals surface area contributed by atoms with Crippen molar-refractivity contribution in [3.63, 3.8) is 0 Å². The summed E-state index contributed by atoms with van der Waals surface area (Å²) in [7, 11) is 0. The molecule has 0 N–H and O–H groups in total. The summed E-state index contributed by atoms with van der Waals surface area (Å²) in [5.74, 6) is 5.60. The van der Waals surface area contributed by atoms with E-state index in [0.29, 0.717) is 49.6 Å². The molecule has 9 nitrogen and oxygen atoms in total. The minimum Gasteiger partial charge on any atom is -0.492 e. The number of anilines is 1. The van der Waals surface area contributed by atoms with Crippen LogP contribution in [0.4, 0.5) is 10.2 Å². The first-order valence-corrected chi connectivity index (χ1v) is 12.2. The summed E-state index contributed by atoms with van der Waals surface area (Å²) in [6, 6.07) is 10.1. The van der Waals surface area contributed by atoms with Gasteiger partial charge in [-0.3, -0.25) is 4.79 Å². The summed E-state index contributed by atoms with van der Waals surface area (Å²) < 4.78 is 20.8. The average Bonchev–Trinajstić information content (AvgIpc) is 3.34. The number of hydrogen-bond donors (Lipinski definition) is 0. The van der Waals surface area contributed by atoms with Gasteiger partial charge in [-0.2, -0.15) is 10.4 Å². The second-order valence-electron chi connectivity index (χ2n) is 8.41. The normalized spacial score (nSPS) is 13.1. The van der Waals surface area contributed by atoms with E-state index in [1.807, 2.05) is 25.1 Å². The summed E-state index contributed by atoms with van der Waals surface area (Å²) in [4.78, 5) is 24.8. The molecule has 0 aliphatic carbocycles. The van der Waals surface area contributed by atoms with Gasteiger partial charge in [0, 0.05) is 61.6 Å². The molecule has 0 spiro atoms. The maximum Gasteiger partial charge on any atom is 0.299 e. The van der Waals surface area contributed by atoms with Crippen molar-refractivity contribution in [3.05, 3.63) is 71.2 Å². The summed E-state index contributed by atoms with van der Waals surface area (Å²) in [5.41, 5.74) is 2.88. The predicted molar refractivity (Wildman–Crippen MR) is 139 cm³/mol. The van der Waals surface area contributed by atoms with Crippen LogP contribution in [0.25, 0.3) is 16.6 Å². The Balaban J connectivity index is 1.29. The SMILES string of the molecule is CCOc1cc(-c2ccc(N3CCN(C(=O)C#Cc4cc(F)cc(Cl)n4)CC3)nc2)c2c(C#N)cnn2c1. The maximum atomic E-state index is 13.4. The van der Waals surface area contributed by atoms with Crippen LogP contribution in [0.1, 0.15) is 18.2 Å². The van der Waals surface area contributed by atoms with Crippen LogP contribution in [-0.2, 0) is 4.79 Å². The third-order valence-corrected chi connectivity index (χ3v) is 6.22. The lowest BCUT2D eigenvalue weighted by molar-refractivity contribution is -0.125. The number of rotatable bonds is 4. The summed E-state index contributed by atoms with van der Waals surface area (Å²) in [6.07, 6.45) is 5.04. The standard InChI is InChI=1S/C27H21ClFN7O2/c1-2-38-22-13-23(27-19(14-30)16-32-36(27)17-22)18-3-5-25(31-15-18)34-7-9-35(10-8-34)26(37)6-4-21-11-20(29)12-24(28)33-21/h3,5,11-13,15-17H,2,7-10H2,1H3. The van der Waals surface area contributed by atoms with Gasteiger partial charge in [-0.15, -0.1) is 0 Å². The maximum absolute atomic E-state index is 13.4. The molecule has 190 valence electrons. The topological polar surface area (TPSA) is 99.6 Å². The zero-order valence-electron chi connectivity index (χ0n) is 20.4. The number of halogens is 2. The van der Waals surface area contributed by atoms with Gasteiger partial charge >= 0.3 is 0 Å². The van der Waals surface area contributed by atoms with Gasteiger partial charge in [-0.25, -0.2) is 18.9 Å². The molecule has 1 amide bonds. The Bertz CT molecular complexity index is 1590. The van der Waals surface area contributed by atoms with Gasteiger partial charge < -0.3 is 14.5 Å². The molecule has 4 aromatic heterocycles. The van der Waals surface area contributed by atoms with E-state index in [2.05, 4.69) is 37.9 Å². The summed E-state index contributed by atoms with van der Waals surface area (Å²) in [6.45, 7) is 4.50. The Morgan fingerprint density at radius 2 is 2.00 bits per heavy atom. The Morgan fingerprint density at radius 3 is 2.68 bits per heavy atom.